The van der Waals surface area contributed by atoms with E-state index in [9.17, 15) is 41.7 Å². The second-order valence-corrected chi connectivity index (χ2v) is 9.71. The predicted molar refractivity (Wildman–Crippen MR) is 129 cm³/mol. The second-order valence-electron chi connectivity index (χ2n) is 9.27. The number of aliphatic hydroxyl groups excluding tert-OH is 3. The Hall–Kier alpha value is -3.50. The van der Waals surface area contributed by atoms with Crippen molar-refractivity contribution in [2.75, 3.05) is 6.61 Å². The van der Waals surface area contributed by atoms with Gasteiger partial charge in [-0.25, -0.2) is 22.8 Å². The van der Waals surface area contributed by atoms with Gasteiger partial charge in [-0.1, -0.05) is 11.6 Å². The summed E-state index contributed by atoms with van der Waals surface area (Å²) in [5.41, 5.74) is -2.04. The van der Waals surface area contributed by atoms with Gasteiger partial charge in [0.05, 0.1) is 24.1 Å². The van der Waals surface area contributed by atoms with Crippen molar-refractivity contribution in [3.63, 3.8) is 0 Å². The molecule has 1 aliphatic rings. The summed E-state index contributed by atoms with van der Waals surface area (Å²) in [6.07, 6.45) is -8.99. The highest BCUT2D eigenvalue weighted by molar-refractivity contribution is 6.30. The second kappa shape index (κ2) is 10.7. The van der Waals surface area contributed by atoms with Crippen LogP contribution in [0.2, 0.25) is 5.02 Å². The zero-order chi connectivity index (χ0) is 29.8. The SMILES string of the molecule is Cc1nc([C@@H]2O[C@H](CO)[C@H](O)[C@H](n3cc(-c4ccc(F)c(F)c4F)cn3)[C@H]2O)n(-c2cc(Cl)ccc2C(F)(F)F)n1. The van der Waals surface area contributed by atoms with Crippen molar-refractivity contribution in [2.24, 2.45) is 0 Å². The first-order chi connectivity index (χ1) is 19.3. The van der Waals surface area contributed by atoms with Gasteiger partial charge < -0.3 is 20.1 Å². The summed E-state index contributed by atoms with van der Waals surface area (Å²) in [4.78, 5) is 4.15. The molecule has 0 bridgehead atoms. The number of aromatic nitrogens is 5. The minimum absolute atomic E-state index is 0.00214. The van der Waals surface area contributed by atoms with Crippen LogP contribution in [-0.4, -0.2) is 64.8 Å². The quantitative estimate of drug-likeness (QED) is 0.234. The molecule has 0 aliphatic carbocycles. The molecule has 1 aliphatic heterocycles. The molecule has 0 amide bonds. The van der Waals surface area contributed by atoms with Crippen LogP contribution in [0.4, 0.5) is 26.3 Å². The molecule has 5 atom stereocenters. The number of aryl methyl sites for hydroxylation is 1. The third-order valence-electron chi connectivity index (χ3n) is 6.63. The van der Waals surface area contributed by atoms with Gasteiger partial charge in [0.2, 0.25) is 0 Å². The number of aliphatic hydroxyl groups is 3. The third kappa shape index (κ3) is 5.19. The highest BCUT2D eigenvalue weighted by atomic mass is 35.5. The molecule has 2 aromatic carbocycles. The van der Waals surface area contributed by atoms with E-state index in [1.807, 2.05) is 0 Å². The molecular formula is C25H20ClF6N5O4. The first-order valence-electron chi connectivity index (χ1n) is 11.9. The zero-order valence-electron chi connectivity index (χ0n) is 20.8. The van der Waals surface area contributed by atoms with E-state index in [-0.39, 0.29) is 27.8 Å². The molecule has 0 radical (unpaired) electrons. The zero-order valence-corrected chi connectivity index (χ0v) is 21.5. The van der Waals surface area contributed by atoms with Gasteiger partial charge >= 0.3 is 6.18 Å². The maximum absolute atomic E-state index is 14.4. The number of benzene rings is 2. The summed E-state index contributed by atoms with van der Waals surface area (Å²) < 4.78 is 90.7. The average molecular weight is 604 g/mol. The van der Waals surface area contributed by atoms with Crippen LogP contribution in [0.25, 0.3) is 16.8 Å². The molecule has 1 saturated heterocycles. The van der Waals surface area contributed by atoms with E-state index in [0.717, 1.165) is 46.0 Å². The number of hydrogen-bond acceptors (Lipinski definition) is 7. The molecule has 0 saturated carbocycles. The lowest BCUT2D eigenvalue weighted by atomic mass is 9.92. The lowest BCUT2D eigenvalue weighted by Crippen LogP contribution is -2.53. The topological polar surface area (TPSA) is 118 Å². The fourth-order valence-corrected chi connectivity index (χ4v) is 4.90. The molecule has 16 heteroatoms. The summed E-state index contributed by atoms with van der Waals surface area (Å²) in [6, 6.07) is 3.05. The van der Waals surface area contributed by atoms with E-state index in [1.165, 1.54) is 6.92 Å². The van der Waals surface area contributed by atoms with E-state index in [2.05, 4.69) is 15.2 Å². The normalized spacial score (nSPS) is 23.2. The van der Waals surface area contributed by atoms with Crippen molar-refractivity contribution in [2.45, 2.75) is 43.6 Å². The number of alkyl halides is 3. The first kappa shape index (κ1) is 29.0. The maximum atomic E-state index is 14.4. The Morgan fingerprint density at radius 2 is 1.78 bits per heavy atom. The Kier molecular flexibility index (Phi) is 7.59. The molecule has 4 aromatic rings. The number of hydrogen-bond donors (Lipinski definition) is 3. The van der Waals surface area contributed by atoms with Crippen LogP contribution in [0.5, 0.6) is 0 Å². The van der Waals surface area contributed by atoms with Gasteiger partial charge in [-0.2, -0.15) is 23.4 Å². The van der Waals surface area contributed by atoms with Gasteiger partial charge in [0.15, 0.2) is 23.3 Å². The van der Waals surface area contributed by atoms with Crippen molar-refractivity contribution in [1.29, 1.82) is 0 Å². The summed E-state index contributed by atoms with van der Waals surface area (Å²) >= 11 is 5.98. The standard InChI is InChI=1S/C25H20ClF6N5O4/c1-10-34-24(37(35-10)16-6-12(26)2-4-14(16)25(30,31)32)23-22(40)20(21(39)17(9-38)41-23)36-8-11(7-33-36)13-3-5-15(27)19(29)18(13)28/h2-8,17,20-23,38-40H,9H2,1H3/t17-,20+,21+,22-,23-/m1/s1. The van der Waals surface area contributed by atoms with E-state index in [4.69, 9.17) is 16.3 Å². The number of ether oxygens (including phenoxy) is 1. The van der Waals surface area contributed by atoms with Crippen LogP contribution in [-0.2, 0) is 10.9 Å². The van der Waals surface area contributed by atoms with Gasteiger partial charge in [-0.3, -0.25) is 4.68 Å². The van der Waals surface area contributed by atoms with Crippen LogP contribution in [0, 0.1) is 24.4 Å². The van der Waals surface area contributed by atoms with Gasteiger partial charge in [0.1, 0.15) is 36.3 Å². The molecule has 41 heavy (non-hydrogen) atoms. The largest absolute Gasteiger partial charge is 0.418 e. The van der Waals surface area contributed by atoms with Crippen molar-refractivity contribution < 1.29 is 46.4 Å². The van der Waals surface area contributed by atoms with Gasteiger partial charge in [-0.15, -0.1) is 0 Å². The maximum Gasteiger partial charge on any atom is 0.418 e. The molecule has 0 unspecified atom stereocenters. The highest BCUT2D eigenvalue weighted by Crippen LogP contribution is 2.41. The summed E-state index contributed by atoms with van der Waals surface area (Å²) in [6.45, 7) is 0.601. The Labute approximate surface area is 232 Å². The van der Waals surface area contributed by atoms with E-state index in [0.29, 0.717) is 6.07 Å². The molecule has 0 spiro atoms. The van der Waals surface area contributed by atoms with E-state index >= 15 is 0 Å². The monoisotopic (exact) mass is 603 g/mol. The lowest BCUT2D eigenvalue weighted by molar-refractivity contribution is -0.210. The van der Waals surface area contributed by atoms with Gasteiger partial charge in [0.25, 0.3) is 0 Å². The molecule has 5 rings (SSSR count). The smallest absolute Gasteiger partial charge is 0.394 e. The Balaban J connectivity index is 1.59. The average Bonchev–Trinajstić information content (AvgIpc) is 3.54. The van der Waals surface area contributed by atoms with E-state index < -0.39 is 71.9 Å². The van der Waals surface area contributed by atoms with Gasteiger partial charge in [0, 0.05) is 22.3 Å². The van der Waals surface area contributed by atoms with Crippen LogP contribution < -0.4 is 0 Å². The molecule has 2 aromatic heterocycles. The highest BCUT2D eigenvalue weighted by Gasteiger charge is 2.48. The summed E-state index contributed by atoms with van der Waals surface area (Å²) in [5, 5.41) is 40.2. The number of nitrogens with zero attached hydrogens (tertiary/aromatic N) is 5. The van der Waals surface area contributed by atoms with Crippen LogP contribution in [0.3, 0.4) is 0 Å². The van der Waals surface area contributed by atoms with Gasteiger partial charge in [-0.05, 0) is 37.3 Å². The van der Waals surface area contributed by atoms with Crippen molar-refractivity contribution in [3.05, 3.63) is 82.4 Å². The van der Waals surface area contributed by atoms with Crippen LogP contribution in [0.15, 0.2) is 42.7 Å². The molecule has 9 nitrogen and oxygen atoms in total. The molecule has 3 heterocycles. The van der Waals surface area contributed by atoms with E-state index in [1.54, 1.807) is 0 Å². The molecule has 1 fully saturated rings. The Bertz CT molecular complexity index is 1600. The fourth-order valence-electron chi connectivity index (χ4n) is 4.73. The number of rotatable bonds is 5. The van der Waals surface area contributed by atoms with Crippen molar-refractivity contribution in [1.82, 2.24) is 24.5 Å². The van der Waals surface area contributed by atoms with Crippen LogP contribution >= 0.6 is 11.6 Å². The lowest BCUT2D eigenvalue weighted by Gasteiger charge is -2.42. The summed E-state index contributed by atoms with van der Waals surface area (Å²) in [5.74, 6) is -4.92. The minimum Gasteiger partial charge on any atom is -0.394 e. The minimum atomic E-state index is -4.82. The number of halogens is 7. The van der Waals surface area contributed by atoms with Crippen LogP contribution in [0.1, 0.15) is 29.4 Å². The summed E-state index contributed by atoms with van der Waals surface area (Å²) in [7, 11) is 0. The molecule has 218 valence electrons. The first-order valence-corrected chi connectivity index (χ1v) is 12.3. The van der Waals surface area contributed by atoms with Crippen molar-refractivity contribution >= 4 is 11.6 Å². The molecule has 3 N–H and O–H groups in total. The molecular weight excluding hydrogens is 584 g/mol. The third-order valence-corrected chi connectivity index (χ3v) is 6.87. The Morgan fingerprint density at radius 3 is 2.46 bits per heavy atom. The predicted octanol–water partition coefficient (Wildman–Crippen LogP) is 3.92. The fraction of sp³-hybridized carbons (Fsp3) is 0.320. The Morgan fingerprint density at radius 1 is 1.05 bits per heavy atom. The van der Waals surface area contributed by atoms with Crippen molar-refractivity contribution in [3.8, 4) is 16.8 Å².